The van der Waals surface area contributed by atoms with Crippen LogP contribution in [0, 0.1) is 5.41 Å². The lowest BCUT2D eigenvalue weighted by molar-refractivity contribution is -0.0760. The summed E-state index contributed by atoms with van der Waals surface area (Å²) in [6.45, 7) is 7.88. The molecule has 0 aromatic carbocycles. The van der Waals surface area contributed by atoms with Gasteiger partial charge in [-0.25, -0.2) is 0 Å². The van der Waals surface area contributed by atoms with Crippen molar-refractivity contribution in [3.63, 3.8) is 0 Å². The third-order valence-corrected chi connectivity index (χ3v) is 5.44. The first-order chi connectivity index (χ1) is 10.3. The fourth-order valence-electron chi connectivity index (χ4n) is 1.80. The largest absolute Gasteiger partial charge is 0.332 e. The highest BCUT2D eigenvalue weighted by Gasteiger charge is 2.43. The van der Waals surface area contributed by atoms with E-state index in [0.29, 0.717) is 39.6 Å². The van der Waals surface area contributed by atoms with Gasteiger partial charge in [-0.1, -0.05) is 26.7 Å². The first-order valence-corrected chi connectivity index (χ1v) is 9.85. The average Bonchev–Trinajstić information content (AvgIpc) is 2.52. The Bertz CT molecular complexity index is 246. The Balaban J connectivity index is 1.63. The minimum atomic E-state index is -1.19. The van der Waals surface area contributed by atoms with Crippen LogP contribution in [-0.2, 0) is 27.1 Å². The van der Waals surface area contributed by atoms with Gasteiger partial charge in [0.1, 0.15) is 0 Å². The topological polar surface area (TPSA) is 55.4 Å². The maximum atomic E-state index is 5.68. The Hall–Kier alpha value is 0.620. The molecule has 2 aliphatic rings. The molecule has 2 heterocycles. The molecule has 0 aromatic heterocycles. The highest BCUT2D eigenvalue weighted by molar-refractivity contribution is 7.42. The van der Waals surface area contributed by atoms with E-state index in [-0.39, 0.29) is 5.41 Å². The maximum absolute atomic E-state index is 5.68. The highest BCUT2D eigenvalue weighted by Crippen LogP contribution is 2.52. The van der Waals surface area contributed by atoms with Gasteiger partial charge in [-0.15, -0.1) is 0 Å². The molecule has 0 radical (unpaired) electrons. The van der Waals surface area contributed by atoms with E-state index in [1.165, 1.54) is 0 Å². The zero-order valence-electron chi connectivity index (χ0n) is 12.9. The fourth-order valence-corrected chi connectivity index (χ4v) is 4.32. The van der Waals surface area contributed by atoms with E-state index in [9.17, 15) is 0 Å². The summed E-state index contributed by atoms with van der Waals surface area (Å²) in [6, 6.07) is 0. The summed E-state index contributed by atoms with van der Waals surface area (Å²) in [7, 11) is -2.39. The molecule has 2 rings (SSSR count). The summed E-state index contributed by atoms with van der Waals surface area (Å²) in [6.07, 6.45) is 4.28. The van der Waals surface area contributed by atoms with Gasteiger partial charge in [-0.3, -0.25) is 0 Å². The van der Waals surface area contributed by atoms with Crippen LogP contribution < -0.4 is 0 Å². The number of rotatable bonds is 8. The lowest BCUT2D eigenvalue weighted by Gasteiger charge is -2.41. The van der Waals surface area contributed by atoms with Crippen LogP contribution in [0.25, 0.3) is 0 Å². The van der Waals surface area contributed by atoms with Gasteiger partial charge in [0.25, 0.3) is 0 Å². The highest BCUT2D eigenvalue weighted by atomic mass is 31.2. The van der Waals surface area contributed by atoms with E-state index in [1.54, 1.807) is 0 Å². The van der Waals surface area contributed by atoms with Crippen LogP contribution in [0.4, 0.5) is 0 Å². The van der Waals surface area contributed by atoms with E-state index in [4.69, 9.17) is 27.1 Å². The predicted molar refractivity (Wildman–Crippen MR) is 81.8 cm³/mol. The minimum Gasteiger partial charge on any atom is -0.312 e. The summed E-state index contributed by atoms with van der Waals surface area (Å²) >= 11 is 0. The van der Waals surface area contributed by atoms with Gasteiger partial charge in [-0.2, -0.15) is 0 Å². The first kappa shape index (κ1) is 18.0. The van der Waals surface area contributed by atoms with Crippen LogP contribution >= 0.6 is 17.2 Å². The molecular formula is C13H26O6P2. The van der Waals surface area contributed by atoms with E-state index < -0.39 is 17.2 Å². The van der Waals surface area contributed by atoms with Gasteiger partial charge in [0, 0.05) is 0 Å². The van der Waals surface area contributed by atoms with Crippen molar-refractivity contribution in [3.05, 3.63) is 0 Å². The van der Waals surface area contributed by atoms with Crippen LogP contribution in [0.3, 0.4) is 0 Å². The Morgan fingerprint density at radius 3 is 1.48 bits per heavy atom. The van der Waals surface area contributed by atoms with Crippen molar-refractivity contribution in [1.82, 2.24) is 0 Å². The first-order valence-electron chi connectivity index (χ1n) is 7.66. The molecule has 1 spiro atoms. The van der Waals surface area contributed by atoms with Crippen molar-refractivity contribution in [3.8, 4) is 0 Å². The Kier molecular flexibility index (Phi) is 8.29. The summed E-state index contributed by atoms with van der Waals surface area (Å²) in [5, 5.41) is 0. The van der Waals surface area contributed by atoms with Crippen molar-refractivity contribution in [2.75, 3.05) is 39.6 Å². The maximum Gasteiger partial charge on any atom is 0.332 e. The summed E-state index contributed by atoms with van der Waals surface area (Å²) in [5.41, 5.74) is -0.208. The van der Waals surface area contributed by atoms with Crippen molar-refractivity contribution in [1.29, 1.82) is 0 Å². The van der Waals surface area contributed by atoms with Crippen molar-refractivity contribution in [2.24, 2.45) is 5.41 Å². The molecule has 0 atom stereocenters. The molecule has 8 heteroatoms. The van der Waals surface area contributed by atoms with Crippen LogP contribution in [0.2, 0.25) is 0 Å². The SMILES string of the molecule is CCCCOP1OCC2(CO1)COP(OCCCC)OC2. The van der Waals surface area contributed by atoms with Crippen molar-refractivity contribution < 1.29 is 27.1 Å². The van der Waals surface area contributed by atoms with E-state index in [1.807, 2.05) is 0 Å². The zero-order chi connectivity index (χ0) is 15.0. The molecule has 0 aliphatic carbocycles. The number of unbranched alkanes of at least 4 members (excludes halogenated alkanes) is 2. The standard InChI is InChI=1S/C13H26O6P2/c1-3-5-7-14-20-16-9-13(10-17-20)11-18-21(19-12-13)15-8-6-4-2/h3-12H2,1-2H3. The van der Waals surface area contributed by atoms with Gasteiger partial charge >= 0.3 is 17.2 Å². The Morgan fingerprint density at radius 2 is 1.14 bits per heavy atom. The second-order valence-corrected chi connectivity index (χ2v) is 7.86. The van der Waals surface area contributed by atoms with Gasteiger partial charge in [0.05, 0.1) is 45.1 Å². The minimum absolute atomic E-state index is 0.208. The molecule has 124 valence electrons. The lowest BCUT2D eigenvalue weighted by Crippen LogP contribution is -2.44. The average molecular weight is 340 g/mol. The van der Waals surface area contributed by atoms with Crippen LogP contribution in [0.1, 0.15) is 39.5 Å². The summed E-state index contributed by atoms with van der Waals surface area (Å²) in [4.78, 5) is 0. The molecule has 0 unspecified atom stereocenters. The van der Waals surface area contributed by atoms with Gasteiger partial charge in [-0.05, 0) is 12.8 Å². The molecule has 6 nitrogen and oxygen atoms in total. The molecule has 0 amide bonds. The second kappa shape index (κ2) is 9.69. The van der Waals surface area contributed by atoms with E-state index >= 15 is 0 Å². The van der Waals surface area contributed by atoms with Gasteiger partial charge in [0.15, 0.2) is 0 Å². The number of hydrogen-bond donors (Lipinski definition) is 0. The molecule has 21 heavy (non-hydrogen) atoms. The monoisotopic (exact) mass is 340 g/mol. The molecule has 0 N–H and O–H groups in total. The fraction of sp³-hybridized carbons (Fsp3) is 1.00. The van der Waals surface area contributed by atoms with E-state index in [0.717, 1.165) is 25.7 Å². The molecule has 0 bridgehead atoms. The quantitative estimate of drug-likeness (QED) is 0.489. The van der Waals surface area contributed by atoms with Crippen molar-refractivity contribution in [2.45, 2.75) is 39.5 Å². The normalized spacial score (nSPS) is 33.4. The van der Waals surface area contributed by atoms with Gasteiger partial charge in [0.2, 0.25) is 0 Å². The zero-order valence-corrected chi connectivity index (χ0v) is 14.7. The van der Waals surface area contributed by atoms with Crippen LogP contribution in [0.5, 0.6) is 0 Å². The summed E-state index contributed by atoms with van der Waals surface area (Å²) < 4.78 is 33.8. The number of hydrogen-bond acceptors (Lipinski definition) is 6. The lowest BCUT2D eigenvalue weighted by atomic mass is 9.93. The molecule has 2 fully saturated rings. The van der Waals surface area contributed by atoms with Crippen LogP contribution in [-0.4, -0.2) is 39.6 Å². The second-order valence-electron chi connectivity index (χ2n) is 5.41. The molecule has 0 aromatic rings. The smallest absolute Gasteiger partial charge is 0.312 e. The van der Waals surface area contributed by atoms with Gasteiger partial charge < -0.3 is 27.1 Å². The molecule has 0 saturated carbocycles. The third kappa shape index (κ3) is 5.96. The predicted octanol–water partition coefficient (Wildman–Crippen LogP) is 4.15. The Labute approximate surface area is 129 Å². The van der Waals surface area contributed by atoms with Crippen LogP contribution in [0.15, 0.2) is 0 Å². The molecule has 2 aliphatic heterocycles. The molecule has 2 saturated heterocycles. The summed E-state index contributed by atoms with van der Waals surface area (Å²) in [5.74, 6) is 0. The van der Waals surface area contributed by atoms with E-state index in [2.05, 4.69) is 13.8 Å². The molecular weight excluding hydrogens is 314 g/mol. The third-order valence-electron chi connectivity index (χ3n) is 3.29. The Morgan fingerprint density at radius 1 is 0.762 bits per heavy atom. The van der Waals surface area contributed by atoms with Crippen molar-refractivity contribution >= 4 is 17.2 Å².